The molecule has 1 heterocycles. The number of rotatable bonds is 6. The predicted octanol–water partition coefficient (Wildman–Crippen LogP) is 2.97. The fourth-order valence-corrected chi connectivity index (χ4v) is 2.94. The molecule has 2 unspecified atom stereocenters. The van der Waals surface area contributed by atoms with E-state index in [4.69, 9.17) is 4.74 Å². The third-order valence-electron chi connectivity index (χ3n) is 4.25. The molecule has 1 N–H and O–H groups in total. The summed E-state index contributed by atoms with van der Waals surface area (Å²) in [6, 6.07) is 8.26. The molecule has 1 aliphatic heterocycles. The summed E-state index contributed by atoms with van der Waals surface area (Å²) in [6.07, 6.45) is 1.59. The van der Waals surface area contributed by atoms with Gasteiger partial charge < -0.3 is 14.7 Å². The maximum Gasteiger partial charge on any atom is 0.122 e. The predicted molar refractivity (Wildman–Crippen MR) is 86.7 cm³/mol. The van der Waals surface area contributed by atoms with Gasteiger partial charge in [-0.05, 0) is 36.9 Å². The molecule has 0 spiro atoms. The first-order valence-corrected chi connectivity index (χ1v) is 8.21. The lowest BCUT2D eigenvalue weighted by molar-refractivity contribution is 0.0287. The molecule has 21 heavy (non-hydrogen) atoms. The molecule has 2 rings (SSSR count). The summed E-state index contributed by atoms with van der Waals surface area (Å²) in [5.74, 6) is 1.81. The Hall–Kier alpha value is -1.06. The number of aliphatic hydroxyl groups excluding tert-OH is 1. The maximum absolute atomic E-state index is 10.3. The van der Waals surface area contributed by atoms with E-state index < -0.39 is 0 Å². The molecule has 1 aliphatic rings. The molecule has 0 aromatic heterocycles. The molecule has 1 fully saturated rings. The van der Waals surface area contributed by atoms with Gasteiger partial charge in [-0.2, -0.15) is 0 Å². The van der Waals surface area contributed by atoms with Crippen LogP contribution in [-0.4, -0.2) is 42.4 Å². The first-order chi connectivity index (χ1) is 10.1. The summed E-state index contributed by atoms with van der Waals surface area (Å²) in [5, 5.41) is 10.3. The van der Waals surface area contributed by atoms with Gasteiger partial charge in [0.1, 0.15) is 5.75 Å². The molecule has 1 saturated heterocycles. The Balaban J connectivity index is 2.04. The molecule has 0 bridgehead atoms. The quantitative estimate of drug-likeness (QED) is 0.874. The fourth-order valence-electron chi connectivity index (χ4n) is 2.94. The van der Waals surface area contributed by atoms with Crippen molar-refractivity contribution >= 4 is 0 Å². The third-order valence-corrected chi connectivity index (χ3v) is 4.25. The monoisotopic (exact) mass is 291 g/mol. The van der Waals surface area contributed by atoms with E-state index in [2.05, 4.69) is 37.8 Å². The van der Waals surface area contributed by atoms with Crippen LogP contribution in [0.1, 0.15) is 32.8 Å². The topological polar surface area (TPSA) is 32.7 Å². The highest BCUT2D eigenvalue weighted by atomic mass is 16.5. The summed E-state index contributed by atoms with van der Waals surface area (Å²) < 4.78 is 5.93. The number of piperidine rings is 1. The van der Waals surface area contributed by atoms with Crippen LogP contribution in [0.25, 0.3) is 0 Å². The second-order valence-electron chi connectivity index (χ2n) is 6.53. The van der Waals surface area contributed by atoms with Crippen LogP contribution < -0.4 is 4.74 Å². The van der Waals surface area contributed by atoms with Gasteiger partial charge in [-0.3, -0.25) is 0 Å². The molecule has 0 aliphatic carbocycles. The lowest BCUT2D eigenvalue weighted by Crippen LogP contribution is -2.43. The minimum atomic E-state index is -0.189. The van der Waals surface area contributed by atoms with E-state index in [1.54, 1.807) is 0 Å². The highest BCUT2D eigenvalue weighted by Gasteiger charge is 2.27. The Bertz CT molecular complexity index is 433. The molecule has 0 amide bonds. The van der Waals surface area contributed by atoms with Crippen molar-refractivity contribution in [1.82, 2.24) is 4.90 Å². The standard InChI is InChI=1S/C18H29NO2/c1-4-19-10-9-17(20)16(12-19)11-15-7-5-6-8-18(15)21-13-14(2)3/h5-8,14,16-17,20H,4,9-13H2,1-3H3. The van der Waals surface area contributed by atoms with E-state index in [1.165, 1.54) is 5.56 Å². The van der Waals surface area contributed by atoms with Crippen molar-refractivity contribution in [2.45, 2.75) is 39.7 Å². The van der Waals surface area contributed by atoms with Crippen LogP contribution in [0.15, 0.2) is 24.3 Å². The molecule has 0 saturated carbocycles. The first kappa shape index (κ1) is 16.3. The van der Waals surface area contributed by atoms with Gasteiger partial charge in [0.15, 0.2) is 0 Å². The molecular weight excluding hydrogens is 262 g/mol. The molecule has 1 aromatic rings. The van der Waals surface area contributed by atoms with E-state index in [0.717, 1.165) is 44.8 Å². The summed E-state index contributed by atoms with van der Waals surface area (Å²) >= 11 is 0. The fraction of sp³-hybridized carbons (Fsp3) is 0.667. The van der Waals surface area contributed by atoms with Gasteiger partial charge in [-0.15, -0.1) is 0 Å². The lowest BCUT2D eigenvalue weighted by Gasteiger charge is -2.35. The highest BCUT2D eigenvalue weighted by Crippen LogP contribution is 2.26. The molecule has 2 atom stereocenters. The minimum absolute atomic E-state index is 0.189. The van der Waals surface area contributed by atoms with Crippen molar-refractivity contribution in [2.24, 2.45) is 11.8 Å². The Labute approximate surface area is 128 Å². The molecule has 118 valence electrons. The summed E-state index contributed by atoms with van der Waals surface area (Å²) in [7, 11) is 0. The van der Waals surface area contributed by atoms with Crippen molar-refractivity contribution in [3.05, 3.63) is 29.8 Å². The van der Waals surface area contributed by atoms with E-state index in [1.807, 2.05) is 12.1 Å². The SMILES string of the molecule is CCN1CCC(O)C(Cc2ccccc2OCC(C)C)C1. The van der Waals surface area contributed by atoms with Crippen LogP contribution >= 0.6 is 0 Å². The van der Waals surface area contributed by atoms with Crippen molar-refractivity contribution in [3.8, 4) is 5.75 Å². The van der Waals surface area contributed by atoms with Crippen LogP contribution in [0.5, 0.6) is 5.75 Å². The number of likely N-dealkylation sites (tertiary alicyclic amines) is 1. The van der Waals surface area contributed by atoms with E-state index >= 15 is 0 Å². The number of nitrogens with zero attached hydrogens (tertiary/aromatic N) is 1. The maximum atomic E-state index is 10.3. The van der Waals surface area contributed by atoms with Gasteiger partial charge in [0, 0.05) is 19.0 Å². The smallest absolute Gasteiger partial charge is 0.122 e. The van der Waals surface area contributed by atoms with Crippen LogP contribution in [0.2, 0.25) is 0 Å². The van der Waals surface area contributed by atoms with Gasteiger partial charge in [0.2, 0.25) is 0 Å². The second kappa shape index (κ2) is 7.81. The summed E-state index contributed by atoms with van der Waals surface area (Å²) in [4.78, 5) is 2.43. The second-order valence-corrected chi connectivity index (χ2v) is 6.53. The highest BCUT2D eigenvalue weighted by molar-refractivity contribution is 5.33. The Morgan fingerprint density at radius 2 is 2.10 bits per heavy atom. The Kier molecular flexibility index (Phi) is 6.07. The Morgan fingerprint density at radius 1 is 1.33 bits per heavy atom. The summed E-state index contributed by atoms with van der Waals surface area (Å²) in [6.45, 7) is 10.3. The van der Waals surface area contributed by atoms with Crippen molar-refractivity contribution in [2.75, 3.05) is 26.2 Å². The van der Waals surface area contributed by atoms with Gasteiger partial charge in [0.05, 0.1) is 12.7 Å². The number of aliphatic hydroxyl groups is 1. The number of benzene rings is 1. The van der Waals surface area contributed by atoms with E-state index in [0.29, 0.717) is 11.8 Å². The van der Waals surface area contributed by atoms with Gasteiger partial charge in [0.25, 0.3) is 0 Å². The average molecular weight is 291 g/mol. The van der Waals surface area contributed by atoms with Crippen LogP contribution in [0.4, 0.5) is 0 Å². The van der Waals surface area contributed by atoms with E-state index in [9.17, 15) is 5.11 Å². The van der Waals surface area contributed by atoms with Gasteiger partial charge >= 0.3 is 0 Å². The molecule has 3 heteroatoms. The number of hydrogen-bond acceptors (Lipinski definition) is 3. The van der Waals surface area contributed by atoms with Crippen molar-refractivity contribution in [3.63, 3.8) is 0 Å². The number of hydrogen-bond donors (Lipinski definition) is 1. The average Bonchev–Trinajstić information content (AvgIpc) is 2.48. The van der Waals surface area contributed by atoms with Gasteiger partial charge in [-0.25, -0.2) is 0 Å². The van der Waals surface area contributed by atoms with Gasteiger partial charge in [-0.1, -0.05) is 39.0 Å². The van der Waals surface area contributed by atoms with Crippen molar-refractivity contribution < 1.29 is 9.84 Å². The van der Waals surface area contributed by atoms with Crippen LogP contribution in [0.3, 0.4) is 0 Å². The van der Waals surface area contributed by atoms with Crippen molar-refractivity contribution in [1.29, 1.82) is 0 Å². The number of para-hydroxylation sites is 1. The number of ether oxygens (including phenoxy) is 1. The zero-order valence-corrected chi connectivity index (χ0v) is 13.6. The zero-order chi connectivity index (χ0) is 15.2. The third kappa shape index (κ3) is 4.72. The minimum Gasteiger partial charge on any atom is -0.493 e. The largest absolute Gasteiger partial charge is 0.493 e. The lowest BCUT2D eigenvalue weighted by atomic mass is 9.88. The van der Waals surface area contributed by atoms with Crippen LogP contribution in [0, 0.1) is 11.8 Å². The normalized spacial score (nSPS) is 23.5. The molecule has 0 radical (unpaired) electrons. The Morgan fingerprint density at radius 3 is 2.81 bits per heavy atom. The van der Waals surface area contributed by atoms with Crippen LogP contribution in [-0.2, 0) is 6.42 Å². The molecule has 1 aromatic carbocycles. The summed E-state index contributed by atoms with van der Waals surface area (Å²) in [5.41, 5.74) is 1.22. The zero-order valence-electron chi connectivity index (χ0n) is 13.6. The van der Waals surface area contributed by atoms with E-state index in [-0.39, 0.29) is 6.10 Å². The molecular formula is C18H29NO2. The molecule has 3 nitrogen and oxygen atoms in total. The first-order valence-electron chi connectivity index (χ1n) is 8.21.